The van der Waals surface area contributed by atoms with Crippen molar-refractivity contribution in [1.29, 1.82) is 0 Å². The summed E-state index contributed by atoms with van der Waals surface area (Å²) in [5, 5.41) is 9.99. The summed E-state index contributed by atoms with van der Waals surface area (Å²) in [6, 6.07) is 0. The summed E-state index contributed by atoms with van der Waals surface area (Å²) in [7, 11) is -2.91. The molecule has 0 saturated carbocycles. The zero-order valence-electron chi connectivity index (χ0n) is 9.73. The normalized spacial score (nSPS) is 14.2. The lowest BCUT2D eigenvalue weighted by atomic mass is 10.5. The van der Waals surface area contributed by atoms with E-state index in [9.17, 15) is 5.11 Å². The molecule has 0 aromatic heterocycles. The molecule has 15 heavy (non-hydrogen) atoms. The minimum absolute atomic E-state index is 0.482. The number of thiol groups is 1. The number of hydrogen-bond donors (Lipinski definition) is 2. The van der Waals surface area contributed by atoms with Crippen molar-refractivity contribution in [2.45, 2.75) is 32.9 Å². The summed E-state index contributed by atoms with van der Waals surface area (Å²) in [6.45, 7) is 7.05. The maximum atomic E-state index is 9.99. The maximum absolute atomic E-state index is 9.99. The first-order valence-corrected chi connectivity index (χ1v) is 7.81. The zero-order chi connectivity index (χ0) is 11.7. The Morgan fingerprint density at radius 3 is 1.73 bits per heavy atom. The van der Waals surface area contributed by atoms with Crippen LogP contribution in [0.3, 0.4) is 0 Å². The van der Waals surface area contributed by atoms with E-state index in [0.717, 1.165) is 0 Å². The van der Waals surface area contributed by atoms with Crippen LogP contribution in [0.2, 0.25) is 0 Å². The molecule has 0 saturated heterocycles. The van der Waals surface area contributed by atoms with E-state index in [4.69, 9.17) is 13.3 Å². The second-order valence-electron chi connectivity index (χ2n) is 2.93. The van der Waals surface area contributed by atoms with Crippen LogP contribution in [0.4, 0.5) is 0 Å². The molecule has 0 aromatic rings. The molecule has 1 atom stereocenters. The first kappa shape index (κ1) is 15.4. The Bertz CT molecular complexity index is 142. The van der Waals surface area contributed by atoms with Gasteiger partial charge in [-0.25, -0.2) is 0 Å². The van der Waals surface area contributed by atoms with Crippen molar-refractivity contribution in [2.75, 3.05) is 25.6 Å². The van der Waals surface area contributed by atoms with Gasteiger partial charge in [0.25, 0.3) is 0 Å². The average molecular weight is 254 g/mol. The highest BCUT2D eigenvalue weighted by atomic mass is 32.1. The fourth-order valence-corrected chi connectivity index (χ4v) is 4.34. The maximum Gasteiger partial charge on any atom is 0.531 e. The van der Waals surface area contributed by atoms with Crippen LogP contribution < -0.4 is 0 Å². The molecule has 0 amide bonds. The Balaban J connectivity index is 4.57. The fraction of sp³-hybridized carbons (Fsp3) is 1.00. The van der Waals surface area contributed by atoms with Gasteiger partial charge in [0.2, 0.25) is 0 Å². The summed E-state index contributed by atoms with van der Waals surface area (Å²) in [5.74, 6) is 0.586. The van der Waals surface area contributed by atoms with Crippen molar-refractivity contribution in [3.8, 4) is 0 Å². The predicted molar refractivity (Wildman–Crippen MR) is 65.1 cm³/mol. The molecule has 0 heterocycles. The predicted octanol–water partition coefficient (Wildman–Crippen LogP) is 1.25. The van der Waals surface area contributed by atoms with Gasteiger partial charge >= 0.3 is 8.80 Å². The fourth-order valence-electron chi connectivity index (χ4n) is 1.32. The summed E-state index contributed by atoms with van der Waals surface area (Å²) < 4.78 is 16.6. The number of aliphatic hydroxyl groups excluding tert-OH is 1. The Morgan fingerprint density at radius 1 is 1.07 bits per heavy atom. The summed E-state index contributed by atoms with van der Waals surface area (Å²) in [5.41, 5.74) is -0.685. The second-order valence-corrected chi connectivity index (χ2v) is 6.12. The van der Waals surface area contributed by atoms with Crippen molar-refractivity contribution in [1.82, 2.24) is 0 Å². The van der Waals surface area contributed by atoms with Gasteiger partial charge < -0.3 is 18.4 Å². The van der Waals surface area contributed by atoms with Crippen LogP contribution in [0.1, 0.15) is 27.2 Å². The van der Waals surface area contributed by atoms with Gasteiger partial charge in [0, 0.05) is 19.8 Å². The van der Waals surface area contributed by atoms with Crippen LogP contribution in [-0.2, 0) is 13.3 Å². The highest BCUT2D eigenvalue weighted by Gasteiger charge is 2.48. The molecule has 0 rings (SSSR count). The number of hydrogen-bond acceptors (Lipinski definition) is 5. The van der Waals surface area contributed by atoms with Crippen molar-refractivity contribution in [2.24, 2.45) is 0 Å². The molecule has 0 aliphatic rings. The number of rotatable bonds is 9. The SMILES string of the molecule is CCO[Si](OCC)(OCC)C(O)CCS. The zero-order valence-corrected chi connectivity index (χ0v) is 11.6. The van der Waals surface area contributed by atoms with Crippen LogP contribution in [-0.4, -0.2) is 45.2 Å². The first-order chi connectivity index (χ1) is 7.16. The van der Waals surface area contributed by atoms with Crippen molar-refractivity contribution < 1.29 is 18.4 Å². The molecule has 0 aromatic carbocycles. The van der Waals surface area contributed by atoms with Gasteiger partial charge in [-0.2, -0.15) is 12.6 Å². The van der Waals surface area contributed by atoms with Gasteiger partial charge in [-0.1, -0.05) is 0 Å². The minimum Gasteiger partial charge on any atom is -0.389 e. The summed E-state index contributed by atoms with van der Waals surface area (Å²) >= 11 is 4.09. The molecule has 0 bridgehead atoms. The van der Waals surface area contributed by atoms with Crippen LogP contribution in [0.25, 0.3) is 0 Å². The molecule has 4 nitrogen and oxygen atoms in total. The molecule has 0 radical (unpaired) electrons. The Hall–Kier alpha value is 0.407. The molecule has 0 spiro atoms. The van der Waals surface area contributed by atoms with Gasteiger partial charge in [-0.3, -0.25) is 0 Å². The van der Waals surface area contributed by atoms with Crippen LogP contribution in [0.5, 0.6) is 0 Å². The van der Waals surface area contributed by atoms with E-state index in [-0.39, 0.29) is 0 Å². The van der Waals surface area contributed by atoms with Crippen LogP contribution in [0, 0.1) is 0 Å². The monoisotopic (exact) mass is 254 g/mol. The Kier molecular flexibility index (Phi) is 8.78. The van der Waals surface area contributed by atoms with E-state index in [1.54, 1.807) is 0 Å². The third kappa shape index (κ3) is 4.84. The van der Waals surface area contributed by atoms with Gasteiger partial charge in [0.05, 0.1) is 0 Å². The van der Waals surface area contributed by atoms with Gasteiger partial charge in [0.1, 0.15) is 5.73 Å². The van der Waals surface area contributed by atoms with Gasteiger partial charge in [0.15, 0.2) is 0 Å². The van der Waals surface area contributed by atoms with E-state index in [1.165, 1.54) is 0 Å². The van der Waals surface area contributed by atoms with Crippen LogP contribution >= 0.6 is 12.6 Å². The number of aliphatic hydroxyl groups is 1. The lowest BCUT2D eigenvalue weighted by Crippen LogP contribution is -2.56. The largest absolute Gasteiger partial charge is 0.531 e. The highest BCUT2D eigenvalue weighted by Crippen LogP contribution is 2.18. The molecule has 0 aliphatic carbocycles. The van der Waals surface area contributed by atoms with E-state index in [1.807, 2.05) is 20.8 Å². The Morgan fingerprint density at radius 2 is 1.47 bits per heavy atom. The molecular weight excluding hydrogens is 232 g/mol. The van der Waals surface area contributed by atoms with E-state index < -0.39 is 14.5 Å². The van der Waals surface area contributed by atoms with Gasteiger partial charge in [-0.15, -0.1) is 0 Å². The van der Waals surface area contributed by atoms with E-state index in [0.29, 0.717) is 32.0 Å². The topological polar surface area (TPSA) is 47.9 Å². The standard InChI is InChI=1S/C9H22O4SSi/c1-4-11-15(12-5-2,13-6-3)9(10)7-8-14/h9-10,14H,4-8H2,1-3H3. The lowest BCUT2D eigenvalue weighted by Gasteiger charge is -2.32. The quantitative estimate of drug-likeness (QED) is 0.480. The first-order valence-electron chi connectivity index (χ1n) is 5.37. The smallest absolute Gasteiger partial charge is 0.389 e. The lowest BCUT2D eigenvalue weighted by molar-refractivity contribution is 0.0215. The van der Waals surface area contributed by atoms with Crippen molar-refractivity contribution in [3.05, 3.63) is 0 Å². The molecule has 0 fully saturated rings. The molecule has 0 aliphatic heterocycles. The molecule has 1 N–H and O–H groups in total. The Labute approximate surface area is 98.7 Å². The third-order valence-electron chi connectivity index (χ3n) is 1.85. The second kappa shape index (κ2) is 8.55. The van der Waals surface area contributed by atoms with Gasteiger partial charge in [-0.05, 0) is 32.9 Å². The summed E-state index contributed by atoms with van der Waals surface area (Å²) in [4.78, 5) is 0. The van der Waals surface area contributed by atoms with Crippen molar-refractivity contribution in [3.63, 3.8) is 0 Å². The third-order valence-corrected chi connectivity index (χ3v) is 5.28. The minimum atomic E-state index is -2.91. The molecular formula is C9H22O4SSi. The van der Waals surface area contributed by atoms with E-state index in [2.05, 4.69) is 12.6 Å². The molecule has 1 unspecified atom stereocenters. The highest BCUT2D eigenvalue weighted by molar-refractivity contribution is 7.80. The average Bonchev–Trinajstić information content (AvgIpc) is 2.19. The van der Waals surface area contributed by atoms with Crippen molar-refractivity contribution >= 4 is 21.4 Å². The van der Waals surface area contributed by atoms with Crippen LogP contribution in [0.15, 0.2) is 0 Å². The molecule has 6 heteroatoms. The summed E-state index contributed by atoms with van der Waals surface area (Å²) in [6.07, 6.45) is 0.523. The van der Waals surface area contributed by atoms with E-state index >= 15 is 0 Å². The molecule has 92 valence electrons.